The van der Waals surface area contributed by atoms with Crippen molar-refractivity contribution in [3.05, 3.63) is 23.3 Å². The number of hydrogen-bond acceptors (Lipinski definition) is 3. The van der Waals surface area contributed by atoms with Crippen molar-refractivity contribution in [2.45, 2.75) is 6.18 Å². The number of benzene rings is 1. The van der Waals surface area contributed by atoms with Gasteiger partial charge in [-0.05, 0) is 12.1 Å². The Hall–Kier alpha value is -1.72. The highest BCUT2D eigenvalue weighted by Gasteiger charge is 2.36. The lowest BCUT2D eigenvalue weighted by Crippen LogP contribution is -2.09. The van der Waals surface area contributed by atoms with E-state index in [1.54, 1.807) is 0 Å². The standard InChI is InChI=1S/C10H9F3O3/c1-15-8-4-6(5-14)3-7(9(8)16-2)10(11,12)13/h3-5H,1-2H3. The third kappa shape index (κ3) is 2.26. The van der Waals surface area contributed by atoms with Crippen LogP contribution in [0.2, 0.25) is 0 Å². The Morgan fingerprint density at radius 1 is 1.19 bits per heavy atom. The van der Waals surface area contributed by atoms with Crippen molar-refractivity contribution >= 4 is 6.29 Å². The van der Waals surface area contributed by atoms with Gasteiger partial charge in [0.25, 0.3) is 0 Å². The van der Waals surface area contributed by atoms with Crippen LogP contribution in [0.4, 0.5) is 13.2 Å². The molecule has 1 rings (SSSR count). The van der Waals surface area contributed by atoms with Crippen LogP contribution in [0, 0.1) is 0 Å². The van der Waals surface area contributed by atoms with Crippen molar-refractivity contribution in [2.24, 2.45) is 0 Å². The third-order valence-electron chi connectivity index (χ3n) is 1.94. The Kier molecular flexibility index (Phi) is 3.41. The maximum absolute atomic E-state index is 12.6. The number of hydrogen-bond donors (Lipinski definition) is 0. The molecule has 0 fully saturated rings. The van der Waals surface area contributed by atoms with Crippen molar-refractivity contribution < 1.29 is 27.4 Å². The molecule has 0 aliphatic carbocycles. The fraction of sp³-hybridized carbons (Fsp3) is 0.300. The van der Waals surface area contributed by atoms with E-state index in [0.717, 1.165) is 7.11 Å². The molecule has 88 valence electrons. The highest BCUT2D eigenvalue weighted by Crippen LogP contribution is 2.42. The third-order valence-corrected chi connectivity index (χ3v) is 1.94. The van der Waals surface area contributed by atoms with Gasteiger partial charge in [0.2, 0.25) is 0 Å². The van der Waals surface area contributed by atoms with Crippen LogP contribution in [-0.4, -0.2) is 20.5 Å². The molecule has 0 saturated carbocycles. The number of carbonyl (C=O) groups is 1. The summed E-state index contributed by atoms with van der Waals surface area (Å²) < 4.78 is 47.2. The van der Waals surface area contributed by atoms with Crippen LogP contribution in [0.5, 0.6) is 11.5 Å². The fourth-order valence-electron chi connectivity index (χ4n) is 1.26. The van der Waals surface area contributed by atoms with Crippen LogP contribution in [0.25, 0.3) is 0 Å². The first-order valence-corrected chi connectivity index (χ1v) is 4.22. The first-order chi connectivity index (χ1) is 7.43. The smallest absolute Gasteiger partial charge is 0.420 e. The van der Waals surface area contributed by atoms with Crippen molar-refractivity contribution in [2.75, 3.05) is 14.2 Å². The maximum Gasteiger partial charge on any atom is 0.420 e. The average Bonchev–Trinajstić information content (AvgIpc) is 2.25. The number of rotatable bonds is 3. The van der Waals surface area contributed by atoms with Crippen LogP contribution in [0.3, 0.4) is 0 Å². The summed E-state index contributed by atoms with van der Waals surface area (Å²) in [5, 5.41) is 0. The molecule has 0 heterocycles. The second-order valence-electron chi connectivity index (χ2n) is 2.92. The molecular formula is C10H9F3O3. The molecule has 0 N–H and O–H groups in total. The summed E-state index contributed by atoms with van der Waals surface area (Å²) in [7, 11) is 2.31. The molecule has 0 unspecified atom stereocenters. The largest absolute Gasteiger partial charge is 0.493 e. The van der Waals surface area contributed by atoms with Crippen molar-refractivity contribution in [3.8, 4) is 11.5 Å². The molecule has 3 nitrogen and oxygen atoms in total. The summed E-state index contributed by atoms with van der Waals surface area (Å²) in [6.07, 6.45) is -4.28. The van der Waals surface area contributed by atoms with Gasteiger partial charge in [0.1, 0.15) is 11.8 Å². The van der Waals surface area contributed by atoms with Gasteiger partial charge in [-0.1, -0.05) is 0 Å². The van der Waals surface area contributed by atoms with Crippen LogP contribution in [0.1, 0.15) is 15.9 Å². The highest BCUT2D eigenvalue weighted by molar-refractivity contribution is 5.77. The zero-order valence-corrected chi connectivity index (χ0v) is 8.59. The Labute approximate surface area is 89.8 Å². The summed E-state index contributed by atoms with van der Waals surface area (Å²) in [5.41, 5.74) is -1.15. The minimum atomic E-state index is -4.60. The van der Waals surface area contributed by atoms with Gasteiger partial charge in [-0.15, -0.1) is 0 Å². The molecule has 0 aliphatic heterocycles. The van der Waals surface area contributed by atoms with Crippen LogP contribution < -0.4 is 9.47 Å². The summed E-state index contributed by atoms with van der Waals surface area (Å²) in [5.74, 6) is -0.556. The van der Waals surface area contributed by atoms with E-state index in [1.807, 2.05) is 0 Å². The average molecular weight is 234 g/mol. The summed E-state index contributed by atoms with van der Waals surface area (Å²) in [6.45, 7) is 0. The Morgan fingerprint density at radius 2 is 1.81 bits per heavy atom. The quantitative estimate of drug-likeness (QED) is 0.754. The van der Waals surface area contributed by atoms with Gasteiger partial charge < -0.3 is 9.47 Å². The van der Waals surface area contributed by atoms with Crippen molar-refractivity contribution in [1.29, 1.82) is 0 Å². The normalized spacial score (nSPS) is 11.1. The SMILES string of the molecule is COc1cc(C=O)cc(C(F)(F)F)c1OC. The molecule has 0 aromatic heterocycles. The molecule has 0 radical (unpaired) electrons. The molecule has 0 bridgehead atoms. The molecule has 1 aromatic rings. The molecule has 0 saturated heterocycles. The number of alkyl halides is 3. The minimum absolute atomic E-state index is 0.120. The van der Waals surface area contributed by atoms with Gasteiger partial charge in [0.15, 0.2) is 11.5 Å². The van der Waals surface area contributed by atoms with Crippen molar-refractivity contribution in [3.63, 3.8) is 0 Å². The Bertz CT molecular complexity index is 399. The first-order valence-electron chi connectivity index (χ1n) is 4.22. The molecule has 0 amide bonds. The highest BCUT2D eigenvalue weighted by atomic mass is 19.4. The number of carbonyl (C=O) groups excluding carboxylic acids is 1. The van der Waals surface area contributed by atoms with E-state index >= 15 is 0 Å². The lowest BCUT2D eigenvalue weighted by molar-refractivity contribution is -0.138. The van der Waals surface area contributed by atoms with E-state index in [0.29, 0.717) is 12.4 Å². The minimum Gasteiger partial charge on any atom is -0.493 e. The van der Waals surface area contributed by atoms with Gasteiger partial charge in [-0.3, -0.25) is 4.79 Å². The van der Waals surface area contributed by atoms with Gasteiger partial charge >= 0.3 is 6.18 Å². The molecule has 0 atom stereocenters. The molecule has 6 heteroatoms. The summed E-state index contributed by atoms with van der Waals surface area (Å²) in [4.78, 5) is 10.5. The molecule has 1 aromatic carbocycles. The molecular weight excluding hydrogens is 225 g/mol. The second-order valence-corrected chi connectivity index (χ2v) is 2.92. The number of ether oxygens (including phenoxy) is 2. The summed E-state index contributed by atoms with van der Waals surface area (Å²) in [6, 6.07) is 1.90. The second kappa shape index (κ2) is 4.42. The molecule has 0 aliphatic rings. The predicted molar refractivity (Wildman–Crippen MR) is 49.9 cm³/mol. The van der Waals surface area contributed by atoms with Gasteiger partial charge in [0, 0.05) is 5.56 Å². The van der Waals surface area contributed by atoms with Gasteiger partial charge in [-0.25, -0.2) is 0 Å². The van der Waals surface area contributed by atoms with Crippen molar-refractivity contribution in [1.82, 2.24) is 0 Å². The van der Waals surface area contributed by atoms with Crippen LogP contribution in [-0.2, 0) is 6.18 Å². The van der Waals surface area contributed by atoms with E-state index in [1.165, 1.54) is 13.2 Å². The van der Waals surface area contributed by atoms with E-state index in [-0.39, 0.29) is 11.3 Å². The topological polar surface area (TPSA) is 35.5 Å². The van der Waals surface area contributed by atoms with Gasteiger partial charge in [-0.2, -0.15) is 13.2 Å². The zero-order chi connectivity index (χ0) is 12.3. The predicted octanol–water partition coefficient (Wildman–Crippen LogP) is 2.54. The van der Waals surface area contributed by atoms with Crippen LogP contribution in [0.15, 0.2) is 12.1 Å². The Morgan fingerprint density at radius 3 is 2.19 bits per heavy atom. The fourth-order valence-corrected chi connectivity index (χ4v) is 1.26. The Balaban J connectivity index is 3.49. The number of aldehydes is 1. The maximum atomic E-state index is 12.6. The lowest BCUT2D eigenvalue weighted by Gasteiger charge is -2.15. The lowest BCUT2D eigenvalue weighted by atomic mass is 10.1. The van der Waals surface area contributed by atoms with Gasteiger partial charge in [0.05, 0.1) is 14.2 Å². The number of halogens is 3. The first kappa shape index (κ1) is 12.4. The molecule has 0 spiro atoms. The monoisotopic (exact) mass is 234 g/mol. The molecule has 16 heavy (non-hydrogen) atoms. The van der Waals surface area contributed by atoms with Crippen LogP contribution >= 0.6 is 0 Å². The summed E-state index contributed by atoms with van der Waals surface area (Å²) >= 11 is 0. The van der Waals surface area contributed by atoms with E-state index in [9.17, 15) is 18.0 Å². The zero-order valence-electron chi connectivity index (χ0n) is 8.59. The van der Waals surface area contributed by atoms with E-state index < -0.39 is 17.5 Å². The van der Waals surface area contributed by atoms with E-state index in [4.69, 9.17) is 4.74 Å². The number of methoxy groups -OCH3 is 2. The van der Waals surface area contributed by atoms with E-state index in [2.05, 4.69) is 4.74 Å².